The molecule has 0 aromatic heterocycles. The molecule has 0 unspecified atom stereocenters. The summed E-state index contributed by atoms with van der Waals surface area (Å²) in [5.41, 5.74) is 7.21. The van der Waals surface area contributed by atoms with Crippen molar-refractivity contribution in [3.63, 3.8) is 0 Å². The molecule has 0 spiro atoms. The molecule has 31 heavy (non-hydrogen) atoms. The highest BCUT2D eigenvalue weighted by Crippen LogP contribution is 2.43. The minimum absolute atomic E-state index is 0.128. The first-order valence-corrected chi connectivity index (χ1v) is 10.2. The molecule has 3 aromatic carbocycles. The monoisotopic (exact) mass is 414 g/mol. The van der Waals surface area contributed by atoms with Crippen LogP contribution >= 0.6 is 0 Å². The molecule has 0 amide bonds. The van der Waals surface area contributed by atoms with E-state index in [1.165, 1.54) is 12.1 Å². The molecule has 4 rings (SSSR count). The molecule has 0 atom stereocenters. The van der Waals surface area contributed by atoms with E-state index in [4.69, 9.17) is 4.74 Å². The van der Waals surface area contributed by atoms with Gasteiger partial charge in [0, 0.05) is 0 Å². The van der Waals surface area contributed by atoms with E-state index in [1.807, 2.05) is 67.6 Å². The van der Waals surface area contributed by atoms with Crippen molar-refractivity contribution in [3.05, 3.63) is 112 Å². The molecule has 0 radical (unpaired) electrons. The van der Waals surface area contributed by atoms with Crippen LogP contribution in [0.15, 0.2) is 78.4 Å². The predicted molar refractivity (Wildman–Crippen MR) is 120 cm³/mol. The van der Waals surface area contributed by atoms with E-state index < -0.39 is 5.97 Å². The summed E-state index contributed by atoms with van der Waals surface area (Å²) in [6.07, 6.45) is 1.90. The second-order valence-electron chi connectivity index (χ2n) is 7.64. The molecule has 0 saturated carbocycles. The second-order valence-corrected chi connectivity index (χ2v) is 7.64. The van der Waals surface area contributed by atoms with E-state index >= 15 is 0 Å². The molecule has 1 aliphatic rings. The maximum absolute atomic E-state index is 13.8. The van der Waals surface area contributed by atoms with Crippen LogP contribution in [0.4, 0.5) is 4.39 Å². The number of ether oxygens (including phenoxy) is 1. The third-order valence-electron chi connectivity index (χ3n) is 5.45. The Balaban J connectivity index is 1.52. The largest absolute Gasteiger partial charge is 0.481 e. The highest BCUT2D eigenvalue weighted by Gasteiger charge is 2.25. The molecule has 4 heteroatoms. The smallest absolute Gasteiger partial charge is 0.307 e. The van der Waals surface area contributed by atoms with Crippen LogP contribution in [-0.2, 0) is 22.7 Å². The lowest BCUT2D eigenvalue weighted by atomic mass is 10.00. The Bertz CT molecular complexity index is 1160. The fourth-order valence-corrected chi connectivity index (χ4v) is 3.87. The minimum Gasteiger partial charge on any atom is -0.481 e. The summed E-state index contributed by atoms with van der Waals surface area (Å²) < 4.78 is 19.6. The molecule has 3 aromatic rings. The molecule has 1 N–H and O–H groups in total. The van der Waals surface area contributed by atoms with Gasteiger partial charge in [0.05, 0.1) is 19.6 Å². The molecular weight excluding hydrogens is 391 g/mol. The summed E-state index contributed by atoms with van der Waals surface area (Å²) in [6, 6.07) is 22.7. The van der Waals surface area contributed by atoms with Crippen LogP contribution in [0.1, 0.15) is 41.2 Å². The number of rotatable bonds is 7. The number of carbonyl (C=O) groups is 1. The van der Waals surface area contributed by atoms with E-state index in [1.54, 1.807) is 6.07 Å². The summed E-state index contributed by atoms with van der Waals surface area (Å²) in [6.45, 7) is 2.99. The number of hydrogen-bond acceptors (Lipinski definition) is 2. The first-order chi connectivity index (χ1) is 15.0. The number of aliphatic carboxylic acids is 1. The first-order valence-electron chi connectivity index (χ1n) is 10.2. The van der Waals surface area contributed by atoms with E-state index in [0.717, 1.165) is 33.4 Å². The van der Waals surface area contributed by atoms with Crippen LogP contribution in [0.2, 0.25) is 0 Å². The number of benzene rings is 3. The van der Waals surface area contributed by atoms with Crippen molar-refractivity contribution in [2.75, 3.05) is 0 Å². The summed E-state index contributed by atoms with van der Waals surface area (Å²) in [4.78, 5) is 11.3. The van der Waals surface area contributed by atoms with Crippen LogP contribution in [0, 0.1) is 5.82 Å². The molecule has 3 nitrogen and oxygen atoms in total. The van der Waals surface area contributed by atoms with Crippen LogP contribution in [-0.4, -0.2) is 11.1 Å². The van der Waals surface area contributed by atoms with Crippen LogP contribution < -0.4 is 0 Å². The maximum Gasteiger partial charge on any atom is 0.307 e. The Labute approximate surface area is 181 Å². The number of carboxylic acids is 1. The van der Waals surface area contributed by atoms with Gasteiger partial charge in [0.1, 0.15) is 5.82 Å². The predicted octanol–water partition coefficient (Wildman–Crippen LogP) is 6.34. The van der Waals surface area contributed by atoms with Crippen molar-refractivity contribution in [3.8, 4) is 0 Å². The second kappa shape index (κ2) is 9.11. The lowest BCUT2D eigenvalue weighted by Gasteiger charge is -2.07. The van der Waals surface area contributed by atoms with Crippen molar-refractivity contribution < 1.29 is 19.0 Å². The highest BCUT2D eigenvalue weighted by atomic mass is 19.1. The summed E-state index contributed by atoms with van der Waals surface area (Å²) in [7, 11) is 0. The van der Waals surface area contributed by atoms with Crippen LogP contribution in [0.3, 0.4) is 0 Å². The van der Waals surface area contributed by atoms with Gasteiger partial charge < -0.3 is 9.84 Å². The Morgan fingerprint density at radius 2 is 1.61 bits per heavy atom. The summed E-state index contributed by atoms with van der Waals surface area (Å²) in [5.74, 6) is -1.29. The van der Waals surface area contributed by atoms with E-state index in [0.29, 0.717) is 24.4 Å². The topological polar surface area (TPSA) is 46.5 Å². The van der Waals surface area contributed by atoms with Gasteiger partial charge >= 0.3 is 5.97 Å². The van der Waals surface area contributed by atoms with Crippen LogP contribution in [0.5, 0.6) is 0 Å². The number of carboxylic acid groups (broad SMARTS) is 1. The molecule has 1 aliphatic carbocycles. The van der Waals surface area contributed by atoms with E-state index in [2.05, 4.69) is 0 Å². The van der Waals surface area contributed by atoms with Gasteiger partial charge in [-0.15, -0.1) is 0 Å². The molecule has 0 saturated heterocycles. The molecule has 0 bridgehead atoms. The Morgan fingerprint density at radius 3 is 2.29 bits per heavy atom. The molecular formula is C27H23FO3. The fourth-order valence-electron chi connectivity index (χ4n) is 3.87. The van der Waals surface area contributed by atoms with Gasteiger partial charge in [-0.1, -0.05) is 60.7 Å². The molecule has 0 aliphatic heterocycles. The van der Waals surface area contributed by atoms with Crippen molar-refractivity contribution in [2.24, 2.45) is 0 Å². The number of hydrogen-bond donors (Lipinski definition) is 1. The van der Waals surface area contributed by atoms with Gasteiger partial charge in [0.2, 0.25) is 0 Å². The van der Waals surface area contributed by atoms with Crippen molar-refractivity contribution in [1.82, 2.24) is 0 Å². The molecule has 0 fully saturated rings. The molecule has 156 valence electrons. The lowest BCUT2D eigenvalue weighted by Crippen LogP contribution is -1.97. The van der Waals surface area contributed by atoms with Crippen molar-refractivity contribution in [1.29, 1.82) is 0 Å². The first kappa shape index (κ1) is 20.8. The average Bonchev–Trinajstić information content (AvgIpc) is 3.00. The van der Waals surface area contributed by atoms with Gasteiger partial charge in [-0.3, -0.25) is 4.79 Å². The average molecular weight is 414 g/mol. The number of fused-ring (bicyclic) bond motifs is 1. The zero-order valence-corrected chi connectivity index (χ0v) is 17.3. The zero-order chi connectivity index (χ0) is 21.8. The third-order valence-corrected chi connectivity index (χ3v) is 5.45. The van der Waals surface area contributed by atoms with E-state index in [9.17, 15) is 14.3 Å². The van der Waals surface area contributed by atoms with Gasteiger partial charge in [-0.25, -0.2) is 4.39 Å². The quantitative estimate of drug-likeness (QED) is 0.490. The number of allylic oxidation sites excluding steroid dienone is 2. The third kappa shape index (κ3) is 4.81. The van der Waals surface area contributed by atoms with Gasteiger partial charge in [0.15, 0.2) is 0 Å². The maximum atomic E-state index is 13.8. The minimum atomic E-state index is -0.925. The van der Waals surface area contributed by atoms with E-state index in [-0.39, 0.29) is 12.2 Å². The Hall–Kier alpha value is -3.50. The normalized spacial score (nSPS) is 14.2. The lowest BCUT2D eigenvalue weighted by molar-refractivity contribution is -0.135. The number of halogens is 1. The Kier molecular flexibility index (Phi) is 6.10. The van der Waals surface area contributed by atoms with Crippen molar-refractivity contribution >= 4 is 23.2 Å². The SMILES string of the molecule is CC1=C(CC(=O)O)c2cc(F)ccc2/C1=C\c1ccc(COCc2ccccc2)cc1. The zero-order valence-electron chi connectivity index (χ0n) is 17.3. The molecule has 0 heterocycles. The van der Waals surface area contributed by atoms with Gasteiger partial charge in [-0.2, -0.15) is 0 Å². The highest BCUT2D eigenvalue weighted by molar-refractivity contribution is 6.07. The summed E-state index contributed by atoms with van der Waals surface area (Å²) >= 11 is 0. The Morgan fingerprint density at radius 1 is 0.935 bits per heavy atom. The van der Waals surface area contributed by atoms with Gasteiger partial charge in [-0.05, 0) is 69.7 Å². The summed E-state index contributed by atoms with van der Waals surface area (Å²) in [5, 5.41) is 9.28. The van der Waals surface area contributed by atoms with Crippen LogP contribution in [0.25, 0.3) is 17.2 Å². The fraction of sp³-hybridized carbons (Fsp3) is 0.148. The van der Waals surface area contributed by atoms with Gasteiger partial charge in [0.25, 0.3) is 0 Å². The van der Waals surface area contributed by atoms with Crippen molar-refractivity contribution in [2.45, 2.75) is 26.6 Å². The standard InChI is InChI=1S/C27H23FO3/c1-18-24(23-12-11-22(28)14-26(23)25(18)15-27(29)30)13-19-7-9-21(10-8-19)17-31-16-20-5-3-2-4-6-20/h2-14H,15-17H2,1H3,(H,29,30)/b24-13-.